The van der Waals surface area contributed by atoms with Crippen molar-refractivity contribution in [1.29, 1.82) is 0 Å². The Bertz CT molecular complexity index is 640. The van der Waals surface area contributed by atoms with E-state index in [-0.39, 0.29) is 29.9 Å². The van der Waals surface area contributed by atoms with Crippen LogP contribution in [0.5, 0.6) is 5.75 Å². The third kappa shape index (κ3) is 3.58. The zero-order valence-corrected chi connectivity index (χ0v) is 12.8. The summed E-state index contributed by atoms with van der Waals surface area (Å²) in [4.78, 5) is 12.1. The average Bonchev–Trinajstić information content (AvgIpc) is 3.28. The Balaban J connectivity index is 0.00000176. The van der Waals surface area contributed by atoms with Crippen molar-refractivity contribution in [2.45, 2.75) is 18.9 Å². The molecule has 1 aliphatic rings. The molecule has 1 aromatic carbocycles. The number of carbonyl (C=O) groups excluding carboxylic acids is 1. The van der Waals surface area contributed by atoms with Gasteiger partial charge in [-0.2, -0.15) is 5.10 Å². The number of halogens is 1. The van der Waals surface area contributed by atoms with Crippen LogP contribution in [0.2, 0.25) is 0 Å². The van der Waals surface area contributed by atoms with Crippen LogP contribution in [0.4, 0.5) is 0 Å². The van der Waals surface area contributed by atoms with E-state index in [1.54, 1.807) is 0 Å². The first kappa shape index (κ1) is 16.3. The van der Waals surface area contributed by atoms with Gasteiger partial charge < -0.3 is 16.2 Å². The fraction of sp³-hybridized carbons (Fsp3) is 0.333. The highest BCUT2D eigenvalue weighted by Gasteiger charge is 2.29. The molecule has 0 aliphatic heterocycles. The molecule has 118 valence electrons. The molecule has 1 fully saturated rings. The Labute approximate surface area is 134 Å². The smallest absolute Gasteiger partial charge is 0.275 e. The fourth-order valence-electron chi connectivity index (χ4n) is 2.22. The molecule has 3 rings (SSSR count). The van der Waals surface area contributed by atoms with E-state index in [9.17, 15) is 9.90 Å². The first-order valence-electron chi connectivity index (χ1n) is 7.03. The number of para-hydroxylation sites is 1. The van der Waals surface area contributed by atoms with Gasteiger partial charge in [-0.3, -0.25) is 4.79 Å². The molecule has 1 atom stereocenters. The van der Waals surface area contributed by atoms with Crippen LogP contribution in [0.25, 0.3) is 5.69 Å². The topological polar surface area (TPSA) is 93.2 Å². The van der Waals surface area contributed by atoms with Crippen molar-refractivity contribution in [3.05, 3.63) is 42.2 Å². The van der Waals surface area contributed by atoms with E-state index in [1.165, 1.54) is 10.9 Å². The first-order valence-corrected chi connectivity index (χ1v) is 7.03. The van der Waals surface area contributed by atoms with Gasteiger partial charge in [-0.1, -0.05) is 18.2 Å². The Morgan fingerprint density at radius 2 is 2.09 bits per heavy atom. The molecule has 22 heavy (non-hydrogen) atoms. The number of carbonyl (C=O) groups is 1. The summed E-state index contributed by atoms with van der Waals surface area (Å²) in [5.74, 6) is -0.0320. The quantitative estimate of drug-likeness (QED) is 0.777. The van der Waals surface area contributed by atoms with Gasteiger partial charge in [0.1, 0.15) is 0 Å². The molecule has 6 nitrogen and oxygen atoms in total. The van der Waals surface area contributed by atoms with Crippen LogP contribution < -0.4 is 11.1 Å². The Kier molecular flexibility index (Phi) is 5.05. The normalized spacial score (nSPS) is 15.0. The van der Waals surface area contributed by atoms with Crippen molar-refractivity contribution in [2.24, 2.45) is 11.7 Å². The first-order chi connectivity index (χ1) is 10.1. The third-order valence-electron chi connectivity index (χ3n) is 3.66. The minimum Gasteiger partial charge on any atom is -0.504 e. The molecule has 0 bridgehead atoms. The summed E-state index contributed by atoms with van der Waals surface area (Å²) in [6.07, 6.45) is 3.68. The van der Waals surface area contributed by atoms with Gasteiger partial charge in [0.2, 0.25) is 0 Å². The molecular formula is C15H19ClN4O2. The molecule has 1 amide bonds. The van der Waals surface area contributed by atoms with Gasteiger partial charge in [0.15, 0.2) is 11.4 Å². The number of nitrogens with one attached hydrogen (secondary N) is 1. The van der Waals surface area contributed by atoms with Gasteiger partial charge in [0.25, 0.3) is 5.91 Å². The highest BCUT2D eigenvalue weighted by atomic mass is 35.5. The second-order valence-electron chi connectivity index (χ2n) is 5.35. The molecule has 0 spiro atoms. The Morgan fingerprint density at radius 3 is 2.73 bits per heavy atom. The molecule has 2 aromatic rings. The minimum atomic E-state index is -0.404. The monoisotopic (exact) mass is 322 g/mol. The van der Waals surface area contributed by atoms with Gasteiger partial charge in [0, 0.05) is 12.6 Å². The lowest BCUT2D eigenvalue weighted by Gasteiger charge is -2.10. The number of aromatic hydroxyl groups is 1. The molecule has 1 aliphatic carbocycles. The van der Waals surface area contributed by atoms with Crippen LogP contribution >= 0.6 is 12.4 Å². The predicted molar refractivity (Wildman–Crippen MR) is 85.5 cm³/mol. The minimum absolute atomic E-state index is 0. The lowest BCUT2D eigenvalue weighted by atomic mass is 10.2. The zero-order chi connectivity index (χ0) is 14.8. The van der Waals surface area contributed by atoms with Crippen LogP contribution in [0.15, 0.2) is 36.5 Å². The van der Waals surface area contributed by atoms with Gasteiger partial charge in [0.05, 0.1) is 11.9 Å². The SMILES string of the molecule is Cl.NC(CNC(=O)c1nn(-c2ccccc2)cc1O)C1CC1. The molecule has 4 N–H and O–H groups in total. The van der Waals surface area contributed by atoms with Gasteiger partial charge in [-0.15, -0.1) is 12.4 Å². The van der Waals surface area contributed by atoms with Crippen molar-refractivity contribution in [1.82, 2.24) is 15.1 Å². The number of hydrogen-bond donors (Lipinski definition) is 3. The number of benzene rings is 1. The molecule has 1 saturated carbocycles. The highest BCUT2D eigenvalue weighted by molar-refractivity contribution is 5.94. The van der Waals surface area contributed by atoms with Gasteiger partial charge in [-0.05, 0) is 30.9 Å². The number of aromatic nitrogens is 2. The maximum absolute atomic E-state index is 12.1. The van der Waals surface area contributed by atoms with Crippen molar-refractivity contribution < 1.29 is 9.90 Å². The lowest BCUT2D eigenvalue weighted by molar-refractivity contribution is 0.0942. The van der Waals surface area contributed by atoms with Crippen LogP contribution in [-0.4, -0.2) is 33.4 Å². The van der Waals surface area contributed by atoms with E-state index < -0.39 is 5.91 Å². The van der Waals surface area contributed by atoms with Crippen molar-refractivity contribution in [3.63, 3.8) is 0 Å². The largest absolute Gasteiger partial charge is 0.504 e. The maximum atomic E-state index is 12.1. The van der Waals surface area contributed by atoms with E-state index in [2.05, 4.69) is 10.4 Å². The number of amides is 1. The van der Waals surface area contributed by atoms with Gasteiger partial charge >= 0.3 is 0 Å². The number of hydrogen-bond acceptors (Lipinski definition) is 4. The molecule has 1 heterocycles. The maximum Gasteiger partial charge on any atom is 0.275 e. The number of nitrogens with zero attached hydrogens (tertiary/aromatic N) is 2. The second kappa shape index (κ2) is 6.81. The molecule has 0 saturated heterocycles. The second-order valence-corrected chi connectivity index (χ2v) is 5.35. The van der Waals surface area contributed by atoms with Gasteiger partial charge in [-0.25, -0.2) is 4.68 Å². The predicted octanol–water partition coefficient (Wildman–Crippen LogP) is 1.47. The molecule has 7 heteroatoms. The third-order valence-corrected chi connectivity index (χ3v) is 3.66. The molecule has 1 aromatic heterocycles. The van der Waals surface area contributed by atoms with E-state index >= 15 is 0 Å². The van der Waals surface area contributed by atoms with Crippen LogP contribution in [-0.2, 0) is 0 Å². The molecule has 1 unspecified atom stereocenters. The average molecular weight is 323 g/mol. The summed E-state index contributed by atoms with van der Waals surface area (Å²) in [7, 11) is 0. The lowest BCUT2D eigenvalue weighted by Crippen LogP contribution is -2.38. The number of nitrogens with two attached hydrogens (primary N) is 1. The summed E-state index contributed by atoms with van der Waals surface area (Å²) >= 11 is 0. The van der Waals surface area contributed by atoms with Crippen molar-refractivity contribution in [3.8, 4) is 11.4 Å². The van der Waals surface area contributed by atoms with E-state index in [0.717, 1.165) is 18.5 Å². The Hall–Kier alpha value is -2.05. The Morgan fingerprint density at radius 1 is 1.41 bits per heavy atom. The molecule has 0 radical (unpaired) electrons. The fourth-order valence-corrected chi connectivity index (χ4v) is 2.22. The molecular weight excluding hydrogens is 304 g/mol. The summed E-state index contributed by atoms with van der Waals surface area (Å²) < 4.78 is 1.48. The van der Waals surface area contributed by atoms with Crippen molar-refractivity contribution in [2.75, 3.05) is 6.54 Å². The van der Waals surface area contributed by atoms with Crippen LogP contribution in [0, 0.1) is 5.92 Å². The van der Waals surface area contributed by atoms with Crippen LogP contribution in [0.1, 0.15) is 23.3 Å². The van der Waals surface area contributed by atoms with Crippen LogP contribution in [0.3, 0.4) is 0 Å². The van der Waals surface area contributed by atoms with E-state index in [1.807, 2.05) is 30.3 Å². The summed E-state index contributed by atoms with van der Waals surface area (Å²) in [6, 6.07) is 9.28. The summed E-state index contributed by atoms with van der Waals surface area (Å²) in [6.45, 7) is 0.404. The zero-order valence-electron chi connectivity index (χ0n) is 12.0. The number of rotatable bonds is 5. The van der Waals surface area contributed by atoms with E-state index in [0.29, 0.717) is 12.5 Å². The standard InChI is InChI=1S/C15H18N4O2.ClH/c16-12(10-6-7-10)8-17-15(21)14-13(20)9-19(18-14)11-4-2-1-3-5-11;/h1-5,9-10,12,20H,6-8,16H2,(H,17,21);1H. The van der Waals surface area contributed by atoms with Crippen molar-refractivity contribution >= 4 is 18.3 Å². The highest BCUT2D eigenvalue weighted by Crippen LogP contribution is 2.31. The summed E-state index contributed by atoms with van der Waals surface area (Å²) in [5.41, 5.74) is 6.73. The summed E-state index contributed by atoms with van der Waals surface area (Å²) in [5, 5.41) is 16.7. The van der Waals surface area contributed by atoms with E-state index in [4.69, 9.17) is 5.73 Å².